The number of nitrogens with zero attached hydrogens (tertiary/aromatic N) is 1. The summed E-state index contributed by atoms with van der Waals surface area (Å²) in [5.74, 6) is 0.683. The minimum absolute atomic E-state index is 0.625. The molecule has 1 aromatic heterocycles. The molecule has 0 amide bonds. The van der Waals surface area contributed by atoms with E-state index >= 15 is 0 Å². The van der Waals surface area contributed by atoms with Crippen LogP contribution >= 0.6 is 27.3 Å². The normalized spacial score (nSPS) is 22.6. The van der Waals surface area contributed by atoms with E-state index in [-0.39, 0.29) is 0 Å². The molecule has 17 heavy (non-hydrogen) atoms. The molecule has 1 heterocycles. The highest BCUT2D eigenvalue weighted by Crippen LogP contribution is 2.41. The minimum Gasteiger partial charge on any atom is -0.307 e. The zero-order valence-electron chi connectivity index (χ0n) is 9.27. The second-order valence-electron chi connectivity index (χ2n) is 4.31. The van der Waals surface area contributed by atoms with E-state index in [1.807, 2.05) is 11.6 Å². The van der Waals surface area contributed by atoms with Gasteiger partial charge in [0.25, 0.3) is 0 Å². The van der Waals surface area contributed by atoms with E-state index in [4.69, 9.17) is 0 Å². The van der Waals surface area contributed by atoms with Crippen LogP contribution in [0.3, 0.4) is 0 Å². The molecule has 1 aliphatic rings. The van der Waals surface area contributed by atoms with E-state index in [0.29, 0.717) is 12.0 Å². The Labute approximate surface area is 113 Å². The predicted molar refractivity (Wildman–Crippen MR) is 74.2 cm³/mol. The number of rotatable bonds is 4. The molecule has 1 saturated carbocycles. The summed E-state index contributed by atoms with van der Waals surface area (Å²) in [4.78, 5) is 4.28. The molecular weight excluding hydrogens is 296 g/mol. The van der Waals surface area contributed by atoms with Crippen LogP contribution in [0.2, 0.25) is 0 Å². The average molecular weight is 309 g/mol. The Bertz CT molecular complexity index is 481. The van der Waals surface area contributed by atoms with Crippen LogP contribution in [0.4, 0.5) is 0 Å². The monoisotopic (exact) mass is 308 g/mol. The van der Waals surface area contributed by atoms with Crippen LogP contribution in [0.15, 0.2) is 40.3 Å². The maximum Gasteiger partial charge on any atom is 0.106 e. The van der Waals surface area contributed by atoms with Gasteiger partial charge in [-0.15, -0.1) is 11.3 Å². The van der Waals surface area contributed by atoms with E-state index < -0.39 is 0 Å². The second kappa shape index (κ2) is 4.88. The maximum atomic E-state index is 4.28. The van der Waals surface area contributed by atoms with Gasteiger partial charge in [0.05, 0.1) is 0 Å². The quantitative estimate of drug-likeness (QED) is 0.934. The molecule has 0 radical (unpaired) electrons. The molecule has 2 aromatic rings. The lowest BCUT2D eigenvalue weighted by Gasteiger charge is -2.02. The maximum absolute atomic E-state index is 4.28. The molecule has 1 aromatic carbocycles. The first-order valence-corrected chi connectivity index (χ1v) is 7.37. The van der Waals surface area contributed by atoms with Gasteiger partial charge in [0, 0.05) is 34.6 Å². The average Bonchev–Trinajstić information content (AvgIpc) is 2.93. The number of hydrogen-bond acceptors (Lipinski definition) is 3. The van der Waals surface area contributed by atoms with Gasteiger partial charge in [0.15, 0.2) is 0 Å². The third kappa shape index (κ3) is 2.76. The molecule has 3 rings (SSSR count). The molecule has 0 saturated heterocycles. The first-order chi connectivity index (χ1) is 8.33. The van der Waals surface area contributed by atoms with Gasteiger partial charge < -0.3 is 5.32 Å². The Morgan fingerprint density at radius 2 is 2.18 bits per heavy atom. The van der Waals surface area contributed by atoms with Crippen molar-refractivity contribution in [2.75, 3.05) is 0 Å². The van der Waals surface area contributed by atoms with Crippen molar-refractivity contribution in [3.8, 4) is 0 Å². The summed E-state index contributed by atoms with van der Waals surface area (Å²) in [5.41, 5.74) is 1.44. The van der Waals surface area contributed by atoms with Gasteiger partial charge in [0.1, 0.15) is 5.01 Å². The van der Waals surface area contributed by atoms with Crippen molar-refractivity contribution in [1.82, 2.24) is 10.3 Å². The number of benzene rings is 1. The van der Waals surface area contributed by atoms with Gasteiger partial charge in [-0.25, -0.2) is 4.98 Å². The zero-order valence-corrected chi connectivity index (χ0v) is 11.7. The smallest absolute Gasteiger partial charge is 0.106 e. The third-order valence-electron chi connectivity index (χ3n) is 3.09. The van der Waals surface area contributed by atoms with Crippen LogP contribution in [0, 0.1) is 0 Å². The third-order valence-corrected chi connectivity index (χ3v) is 4.40. The highest BCUT2D eigenvalue weighted by molar-refractivity contribution is 9.10. The van der Waals surface area contributed by atoms with Gasteiger partial charge >= 0.3 is 0 Å². The summed E-state index contributed by atoms with van der Waals surface area (Å²) < 4.78 is 1.15. The standard InChI is InChI=1S/C13H13BrN2S/c14-10-3-1-9(2-4-10)11-7-12(11)16-8-13-15-5-6-17-13/h1-6,11-12,16H,7-8H2/t11-,12+/m0/s1. The van der Waals surface area contributed by atoms with Crippen molar-refractivity contribution < 1.29 is 0 Å². The van der Waals surface area contributed by atoms with Crippen molar-refractivity contribution in [2.45, 2.75) is 24.9 Å². The van der Waals surface area contributed by atoms with Gasteiger partial charge in [-0.3, -0.25) is 0 Å². The Kier molecular flexibility index (Phi) is 3.27. The molecule has 1 aliphatic carbocycles. The van der Waals surface area contributed by atoms with Crippen LogP contribution < -0.4 is 5.32 Å². The van der Waals surface area contributed by atoms with Crippen molar-refractivity contribution in [2.24, 2.45) is 0 Å². The minimum atomic E-state index is 0.625. The SMILES string of the molecule is Brc1ccc([C@@H]2C[C@H]2NCc2nccs2)cc1. The molecule has 0 aliphatic heterocycles. The lowest BCUT2D eigenvalue weighted by molar-refractivity contribution is 0.670. The largest absolute Gasteiger partial charge is 0.307 e. The Hall–Kier alpha value is -0.710. The zero-order chi connectivity index (χ0) is 11.7. The van der Waals surface area contributed by atoms with E-state index in [1.54, 1.807) is 11.3 Å². The number of hydrogen-bond donors (Lipinski definition) is 1. The Morgan fingerprint density at radius 3 is 2.88 bits per heavy atom. The highest BCUT2D eigenvalue weighted by atomic mass is 79.9. The van der Waals surface area contributed by atoms with E-state index in [9.17, 15) is 0 Å². The molecule has 0 bridgehead atoms. The molecule has 4 heteroatoms. The molecule has 1 N–H and O–H groups in total. The van der Waals surface area contributed by atoms with Crippen molar-refractivity contribution in [3.05, 3.63) is 50.9 Å². The summed E-state index contributed by atoms with van der Waals surface area (Å²) in [7, 11) is 0. The fourth-order valence-electron chi connectivity index (χ4n) is 2.06. The predicted octanol–water partition coefficient (Wildman–Crippen LogP) is 3.55. The summed E-state index contributed by atoms with van der Waals surface area (Å²) in [6.45, 7) is 0.898. The van der Waals surface area contributed by atoms with Crippen molar-refractivity contribution in [1.29, 1.82) is 0 Å². The second-order valence-corrected chi connectivity index (χ2v) is 6.20. The molecule has 2 atom stereocenters. The van der Waals surface area contributed by atoms with Crippen LogP contribution in [0.1, 0.15) is 22.9 Å². The molecule has 88 valence electrons. The summed E-state index contributed by atoms with van der Waals surface area (Å²) in [5, 5.41) is 6.75. The first-order valence-electron chi connectivity index (χ1n) is 5.70. The van der Waals surface area contributed by atoms with E-state index in [0.717, 1.165) is 11.0 Å². The lowest BCUT2D eigenvalue weighted by Crippen LogP contribution is -2.16. The highest BCUT2D eigenvalue weighted by Gasteiger charge is 2.37. The Morgan fingerprint density at radius 1 is 1.35 bits per heavy atom. The van der Waals surface area contributed by atoms with Crippen LogP contribution in [-0.4, -0.2) is 11.0 Å². The van der Waals surface area contributed by atoms with Crippen LogP contribution in [0.25, 0.3) is 0 Å². The number of aromatic nitrogens is 1. The van der Waals surface area contributed by atoms with Crippen LogP contribution in [0.5, 0.6) is 0 Å². The van der Waals surface area contributed by atoms with Crippen molar-refractivity contribution >= 4 is 27.3 Å². The fourth-order valence-corrected chi connectivity index (χ4v) is 2.89. The Balaban J connectivity index is 1.54. The van der Waals surface area contributed by atoms with E-state index in [2.05, 4.69) is 50.5 Å². The van der Waals surface area contributed by atoms with Gasteiger partial charge in [-0.05, 0) is 24.1 Å². The van der Waals surface area contributed by atoms with Gasteiger partial charge in [0.2, 0.25) is 0 Å². The summed E-state index contributed by atoms with van der Waals surface area (Å²) in [6, 6.07) is 9.27. The van der Waals surface area contributed by atoms with E-state index in [1.165, 1.54) is 17.0 Å². The molecular formula is C13H13BrN2S. The fraction of sp³-hybridized carbons (Fsp3) is 0.308. The van der Waals surface area contributed by atoms with Gasteiger partial charge in [-0.1, -0.05) is 28.1 Å². The van der Waals surface area contributed by atoms with Crippen molar-refractivity contribution in [3.63, 3.8) is 0 Å². The first kappa shape index (κ1) is 11.4. The number of halogens is 1. The summed E-state index contributed by atoms with van der Waals surface area (Å²) in [6.07, 6.45) is 3.10. The lowest BCUT2D eigenvalue weighted by atomic mass is 10.1. The summed E-state index contributed by atoms with van der Waals surface area (Å²) >= 11 is 5.18. The molecule has 0 spiro atoms. The van der Waals surface area contributed by atoms with Gasteiger partial charge in [-0.2, -0.15) is 0 Å². The number of nitrogens with one attached hydrogen (secondary N) is 1. The number of thiazole rings is 1. The molecule has 0 unspecified atom stereocenters. The topological polar surface area (TPSA) is 24.9 Å². The molecule has 1 fully saturated rings. The van der Waals surface area contributed by atoms with Crippen LogP contribution in [-0.2, 0) is 6.54 Å². The molecule has 2 nitrogen and oxygen atoms in total.